The topological polar surface area (TPSA) is 124 Å². The summed E-state index contributed by atoms with van der Waals surface area (Å²) in [5.74, 6) is -7.06. The third-order valence-corrected chi connectivity index (χ3v) is 4.43. The van der Waals surface area contributed by atoms with Crippen LogP contribution in [0, 0.1) is 11.6 Å². The van der Waals surface area contributed by atoms with Crippen molar-refractivity contribution in [3.8, 4) is 0 Å². The SMILES string of the molecule is NS(=O)(=O)c1ccc(F)c(C(=O)ON2C(=O)c3ccccc3C2=O)c1F. The fourth-order valence-corrected chi connectivity index (χ4v) is 2.93. The van der Waals surface area contributed by atoms with Crippen molar-refractivity contribution in [2.24, 2.45) is 5.14 Å². The zero-order valence-corrected chi connectivity index (χ0v) is 13.4. The second-order valence-corrected chi connectivity index (χ2v) is 6.64. The van der Waals surface area contributed by atoms with Gasteiger partial charge >= 0.3 is 5.97 Å². The Hall–Kier alpha value is -3.18. The lowest BCUT2D eigenvalue weighted by atomic mass is 10.1. The molecule has 0 fully saturated rings. The van der Waals surface area contributed by atoms with Crippen LogP contribution in [-0.4, -0.2) is 31.3 Å². The number of amides is 2. The molecule has 0 spiro atoms. The molecule has 2 N–H and O–H groups in total. The van der Waals surface area contributed by atoms with Gasteiger partial charge in [0.05, 0.1) is 11.1 Å². The molecule has 2 amide bonds. The molecule has 0 radical (unpaired) electrons. The van der Waals surface area contributed by atoms with Gasteiger partial charge in [-0.25, -0.2) is 27.1 Å². The van der Waals surface area contributed by atoms with Gasteiger partial charge in [0.25, 0.3) is 11.8 Å². The van der Waals surface area contributed by atoms with Gasteiger partial charge in [0.1, 0.15) is 16.3 Å². The molecular weight excluding hydrogens is 374 g/mol. The molecule has 0 aromatic heterocycles. The quantitative estimate of drug-likeness (QED) is 0.789. The molecule has 2 aromatic carbocycles. The second-order valence-electron chi connectivity index (χ2n) is 5.11. The molecule has 0 bridgehead atoms. The van der Waals surface area contributed by atoms with Gasteiger partial charge in [-0.1, -0.05) is 17.2 Å². The standard InChI is InChI=1S/C15H8F2N2O6S/c16-9-5-6-10(26(18,23)24)12(17)11(9)15(22)25-19-13(20)7-3-1-2-4-8(7)14(19)21/h1-6H,(H2,18,23,24). The highest BCUT2D eigenvalue weighted by atomic mass is 32.2. The molecule has 0 saturated heterocycles. The summed E-state index contributed by atoms with van der Waals surface area (Å²) in [5.41, 5.74) is -1.54. The average Bonchev–Trinajstić information content (AvgIpc) is 2.79. The van der Waals surface area contributed by atoms with E-state index in [1.54, 1.807) is 0 Å². The first-order valence-electron chi connectivity index (χ1n) is 6.84. The molecule has 0 unspecified atom stereocenters. The smallest absolute Gasteiger partial charge is 0.324 e. The van der Waals surface area contributed by atoms with Gasteiger partial charge in [0.15, 0.2) is 5.82 Å². The summed E-state index contributed by atoms with van der Waals surface area (Å²) in [5, 5.41) is 4.82. The van der Waals surface area contributed by atoms with E-state index >= 15 is 0 Å². The van der Waals surface area contributed by atoms with Crippen molar-refractivity contribution < 1.29 is 36.4 Å². The summed E-state index contributed by atoms with van der Waals surface area (Å²) in [6, 6.07) is 6.54. The minimum Gasteiger partial charge on any atom is -0.324 e. The summed E-state index contributed by atoms with van der Waals surface area (Å²) >= 11 is 0. The van der Waals surface area contributed by atoms with Crippen molar-refractivity contribution in [2.45, 2.75) is 4.90 Å². The number of hydroxylamine groups is 2. The highest BCUT2D eigenvalue weighted by molar-refractivity contribution is 7.89. The third kappa shape index (κ3) is 2.72. The van der Waals surface area contributed by atoms with Crippen molar-refractivity contribution in [1.29, 1.82) is 0 Å². The molecule has 3 rings (SSSR count). The number of fused-ring (bicyclic) bond motifs is 1. The Kier molecular flexibility index (Phi) is 4.05. The second kappa shape index (κ2) is 5.97. The minimum atomic E-state index is -4.60. The number of sulfonamides is 1. The van der Waals surface area contributed by atoms with Crippen LogP contribution in [0.5, 0.6) is 0 Å². The molecule has 11 heteroatoms. The van der Waals surface area contributed by atoms with E-state index in [4.69, 9.17) is 5.14 Å². The van der Waals surface area contributed by atoms with Crippen LogP contribution < -0.4 is 5.14 Å². The van der Waals surface area contributed by atoms with Crippen LogP contribution in [0.4, 0.5) is 8.78 Å². The van der Waals surface area contributed by atoms with E-state index in [0.717, 1.165) is 0 Å². The number of hydrogen-bond acceptors (Lipinski definition) is 6. The molecule has 0 aliphatic carbocycles. The van der Waals surface area contributed by atoms with E-state index < -0.39 is 49.9 Å². The number of rotatable bonds is 3. The van der Waals surface area contributed by atoms with Gasteiger partial charge in [-0.15, -0.1) is 0 Å². The summed E-state index contributed by atoms with van der Waals surface area (Å²) in [4.78, 5) is 39.6. The lowest BCUT2D eigenvalue weighted by Gasteiger charge is -2.14. The molecule has 0 atom stereocenters. The number of carbonyl (C=O) groups is 3. The van der Waals surface area contributed by atoms with E-state index in [2.05, 4.69) is 4.84 Å². The number of hydrogen-bond donors (Lipinski definition) is 1. The van der Waals surface area contributed by atoms with Crippen molar-refractivity contribution in [2.75, 3.05) is 0 Å². The lowest BCUT2D eigenvalue weighted by molar-refractivity contribution is -0.0591. The Bertz CT molecular complexity index is 1050. The number of nitrogens with two attached hydrogens (primary N) is 1. The zero-order valence-electron chi connectivity index (χ0n) is 12.6. The van der Waals surface area contributed by atoms with Crippen molar-refractivity contribution in [3.63, 3.8) is 0 Å². The average molecular weight is 382 g/mol. The molecule has 8 nitrogen and oxygen atoms in total. The fraction of sp³-hybridized carbons (Fsp3) is 0. The number of benzene rings is 2. The third-order valence-electron chi connectivity index (χ3n) is 3.50. The first-order chi connectivity index (χ1) is 12.1. The molecule has 1 heterocycles. The van der Waals surface area contributed by atoms with Gasteiger partial charge in [-0.05, 0) is 24.3 Å². The van der Waals surface area contributed by atoms with Crippen molar-refractivity contribution in [3.05, 3.63) is 64.7 Å². The highest BCUT2D eigenvalue weighted by Gasteiger charge is 2.40. The number of imide groups is 1. The molecule has 134 valence electrons. The molecular formula is C15H8F2N2O6S. The van der Waals surface area contributed by atoms with Crippen LogP contribution in [0.25, 0.3) is 0 Å². The summed E-state index contributed by atoms with van der Waals surface area (Å²) in [6.07, 6.45) is 0. The molecule has 26 heavy (non-hydrogen) atoms. The Morgan fingerprint density at radius 1 is 1.00 bits per heavy atom. The van der Waals surface area contributed by atoms with Gasteiger partial charge in [-0.3, -0.25) is 9.59 Å². The summed E-state index contributed by atoms with van der Waals surface area (Å²) in [6.45, 7) is 0. The number of nitrogens with zero attached hydrogens (tertiary/aromatic N) is 1. The maximum atomic E-state index is 14.2. The van der Waals surface area contributed by atoms with Crippen LogP contribution in [0.15, 0.2) is 41.3 Å². The highest BCUT2D eigenvalue weighted by Crippen LogP contribution is 2.25. The largest absolute Gasteiger partial charge is 0.369 e. The van der Waals surface area contributed by atoms with E-state index in [-0.39, 0.29) is 16.2 Å². The van der Waals surface area contributed by atoms with E-state index in [9.17, 15) is 31.6 Å². The molecule has 2 aromatic rings. The monoisotopic (exact) mass is 382 g/mol. The first-order valence-corrected chi connectivity index (χ1v) is 8.38. The van der Waals surface area contributed by atoms with Crippen LogP contribution in [0.1, 0.15) is 31.1 Å². The maximum Gasteiger partial charge on any atom is 0.369 e. The number of primary sulfonamides is 1. The minimum absolute atomic E-state index is 0.0372. The van der Waals surface area contributed by atoms with Crippen molar-refractivity contribution >= 4 is 27.8 Å². The Morgan fingerprint density at radius 3 is 2.04 bits per heavy atom. The normalized spacial score (nSPS) is 13.7. The molecule has 0 saturated carbocycles. The molecule has 1 aliphatic rings. The number of carbonyl (C=O) groups excluding carboxylic acids is 3. The van der Waals surface area contributed by atoms with Gasteiger partial charge < -0.3 is 4.84 Å². The fourth-order valence-electron chi connectivity index (χ4n) is 2.32. The van der Waals surface area contributed by atoms with E-state index in [1.807, 2.05) is 0 Å². The maximum absolute atomic E-state index is 14.2. The van der Waals surface area contributed by atoms with Gasteiger partial charge in [0.2, 0.25) is 10.0 Å². The number of halogens is 2. The first kappa shape index (κ1) is 17.6. The van der Waals surface area contributed by atoms with Gasteiger partial charge in [0, 0.05) is 0 Å². The van der Waals surface area contributed by atoms with Crippen LogP contribution in [0.3, 0.4) is 0 Å². The summed E-state index contributed by atoms with van der Waals surface area (Å²) in [7, 11) is -4.60. The van der Waals surface area contributed by atoms with Crippen LogP contribution in [0.2, 0.25) is 0 Å². The van der Waals surface area contributed by atoms with E-state index in [1.165, 1.54) is 24.3 Å². The predicted molar refractivity (Wildman–Crippen MR) is 80.1 cm³/mol. The molecule has 1 aliphatic heterocycles. The summed E-state index contributed by atoms with van der Waals surface area (Å²) < 4.78 is 50.6. The Balaban J connectivity index is 1.98. The van der Waals surface area contributed by atoms with E-state index in [0.29, 0.717) is 12.1 Å². The predicted octanol–water partition coefficient (Wildman–Crippen LogP) is 0.980. The van der Waals surface area contributed by atoms with Gasteiger partial charge in [-0.2, -0.15) is 0 Å². The Morgan fingerprint density at radius 2 is 1.54 bits per heavy atom. The zero-order chi connectivity index (χ0) is 19.2. The van der Waals surface area contributed by atoms with Crippen LogP contribution in [-0.2, 0) is 14.9 Å². The van der Waals surface area contributed by atoms with Crippen molar-refractivity contribution in [1.82, 2.24) is 5.06 Å². The Labute approximate surface area is 144 Å². The lowest BCUT2D eigenvalue weighted by Crippen LogP contribution is -2.33. The van der Waals surface area contributed by atoms with Crippen LogP contribution >= 0.6 is 0 Å².